The van der Waals surface area contributed by atoms with E-state index in [1.54, 1.807) is 24.3 Å². The van der Waals surface area contributed by atoms with Crippen LogP contribution in [0.25, 0.3) is 0 Å². The van der Waals surface area contributed by atoms with Crippen molar-refractivity contribution in [2.45, 2.75) is 37.6 Å². The maximum atomic E-state index is 11.6. The average molecular weight is 298 g/mol. The first-order valence-corrected chi connectivity index (χ1v) is 8.56. The third kappa shape index (κ3) is 5.21. The molecule has 0 fully saturated rings. The molecule has 112 valence electrons. The minimum absolute atomic E-state index is 0.0383. The molecule has 0 spiro atoms. The summed E-state index contributed by atoms with van der Waals surface area (Å²) in [6.45, 7) is 4.35. The number of hydrogen-bond donors (Lipinski definition) is 2. The number of sulfone groups is 1. The molecule has 0 radical (unpaired) electrons. The summed E-state index contributed by atoms with van der Waals surface area (Å²) < 4.78 is 23.2. The number of carbonyl (C=O) groups excluding carboxylic acids is 1. The van der Waals surface area contributed by atoms with Gasteiger partial charge in [-0.15, -0.1) is 0 Å². The molecule has 1 rings (SSSR count). The fourth-order valence-electron chi connectivity index (χ4n) is 1.70. The number of hydrogen-bond acceptors (Lipinski definition) is 4. The summed E-state index contributed by atoms with van der Waals surface area (Å²) in [6.07, 6.45) is 2.36. The average Bonchev–Trinajstić information content (AvgIpc) is 2.38. The minimum atomic E-state index is -3.27. The highest BCUT2D eigenvalue weighted by molar-refractivity contribution is 7.90. The highest BCUT2D eigenvalue weighted by Crippen LogP contribution is 2.20. The Balaban J connectivity index is 2.57. The predicted octanol–water partition coefficient (Wildman–Crippen LogP) is 1.81. The molecule has 1 aromatic carbocycles. The molecule has 2 N–H and O–H groups in total. The van der Waals surface area contributed by atoms with Gasteiger partial charge in [-0.25, -0.2) is 8.42 Å². The maximum Gasteiger partial charge on any atom is 0.221 e. The number of rotatable bonds is 7. The molecule has 1 unspecified atom stereocenters. The Hall–Kier alpha value is -1.56. The third-order valence-electron chi connectivity index (χ3n) is 2.97. The van der Waals surface area contributed by atoms with E-state index in [2.05, 4.69) is 10.6 Å². The third-order valence-corrected chi connectivity index (χ3v) is 4.13. The number of benzene rings is 1. The molecule has 1 aromatic rings. The first kappa shape index (κ1) is 16.5. The van der Waals surface area contributed by atoms with E-state index in [0.717, 1.165) is 6.42 Å². The smallest absolute Gasteiger partial charge is 0.221 e. The lowest BCUT2D eigenvalue weighted by Crippen LogP contribution is -2.33. The molecule has 0 saturated heterocycles. The van der Waals surface area contributed by atoms with Crippen LogP contribution < -0.4 is 10.6 Å². The fraction of sp³-hybridized carbons (Fsp3) is 0.500. The zero-order chi connectivity index (χ0) is 15.2. The van der Waals surface area contributed by atoms with Crippen LogP contribution in [0.4, 0.5) is 5.69 Å². The van der Waals surface area contributed by atoms with E-state index in [-0.39, 0.29) is 16.8 Å². The van der Waals surface area contributed by atoms with Gasteiger partial charge in [0.05, 0.1) is 10.6 Å². The van der Waals surface area contributed by atoms with Gasteiger partial charge in [0.25, 0.3) is 0 Å². The molecule has 6 heteroatoms. The molecule has 5 nitrogen and oxygen atoms in total. The first-order valence-electron chi connectivity index (χ1n) is 6.67. The first-order chi connectivity index (χ1) is 9.34. The van der Waals surface area contributed by atoms with Crippen molar-refractivity contribution in [3.63, 3.8) is 0 Å². The summed E-state index contributed by atoms with van der Waals surface area (Å²) in [5, 5.41) is 5.87. The van der Waals surface area contributed by atoms with Gasteiger partial charge < -0.3 is 10.6 Å². The number of anilines is 1. The van der Waals surface area contributed by atoms with E-state index in [9.17, 15) is 13.2 Å². The molecule has 0 aliphatic heterocycles. The van der Waals surface area contributed by atoms with E-state index in [1.165, 1.54) is 6.26 Å². The van der Waals surface area contributed by atoms with E-state index in [0.29, 0.717) is 18.7 Å². The van der Waals surface area contributed by atoms with Crippen LogP contribution in [0.2, 0.25) is 0 Å². The maximum absolute atomic E-state index is 11.6. The van der Waals surface area contributed by atoms with Crippen molar-refractivity contribution in [3.8, 4) is 0 Å². The van der Waals surface area contributed by atoms with Crippen LogP contribution in [0.1, 0.15) is 26.7 Å². The van der Waals surface area contributed by atoms with Crippen LogP contribution in [-0.2, 0) is 14.6 Å². The Morgan fingerprint density at radius 1 is 1.30 bits per heavy atom. The number of carbonyl (C=O) groups is 1. The summed E-state index contributed by atoms with van der Waals surface area (Å²) in [5.74, 6) is -0.0383. The van der Waals surface area contributed by atoms with Crippen LogP contribution in [0.5, 0.6) is 0 Å². The largest absolute Gasteiger partial charge is 0.383 e. The molecule has 1 atom stereocenters. The number of nitrogens with one attached hydrogen (secondary N) is 2. The molecule has 0 saturated carbocycles. The van der Waals surface area contributed by atoms with E-state index < -0.39 is 9.84 Å². The Bertz CT molecular complexity index is 555. The van der Waals surface area contributed by atoms with Crippen molar-refractivity contribution >= 4 is 21.4 Å². The lowest BCUT2D eigenvalue weighted by molar-refractivity contribution is -0.121. The van der Waals surface area contributed by atoms with Gasteiger partial charge >= 0.3 is 0 Å². The Labute approximate surface area is 120 Å². The molecule has 1 amide bonds. The van der Waals surface area contributed by atoms with Crippen molar-refractivity contribution in [3.05, 3.63) is 24.3 Å². The lowest BCUT2D eigenvalue weighted by atomic mass is 10.2. The van der Waals surface area contributed by atoms with Gasteiger partial charge in [0.15, 0.2) is 9.84 Å². The molecule has 20 heavy (non-hydrogen) atoms. The normalized spacial score (nSPS) is 12.8. The molecule has 0 aliphatic carbocycles. The van der Waals surface area contributed by atoms with Crippen molar-refractivity contribution in [2.24, 2.45) is 0 Å². The second-order valence-corrected chi connectivity index (χ2v) is 6.81. The van der Waals surface area contributed by atoms with Crippen LogP contribution >= 0.6 is 0 Å². The van der Waals surface area contributed by atoms with Gasteiger partial charge in [-0.1, -0.05) is 19.1 Å². The molecule has 0 aliphatic rings. The summed E-state index contributed by atoms with van der Waals surface area (Å²) >= 11 is 0. The van der Waals surface area contributed by atoms with Gasteiger partial charge in [-0.05, 0) is 25.5 Å². The topological polar surface area (TPSA) is 75.3 Å². The lowest BCUT2D eigenvalue weighted by Gasteiger charge is -2.13. The summed E-state index contributed by atoms with van der Waals surface area (Å²) in [6, 6.07) is 6.85. The molecule has 0 heterocycles. The van der Waals surface area contributed by atoms with Crippen molar-refractivity contribution in [1.29, 1.82) is 0 Å². The van der Waals surface area contributed by atoms with Crippen LogP contribution in [0.3, 0.4) is 0 Å². The predicted molar refractivity (Wildman–Crippen MR) is 80.6 cm³/mol. The molecular weight excluding hydrogens is 276 g/mol. The van der Waals surface area contributed by atoms with Crippen LogP contribution in [0, 0.1) is 0 Å². The fourth-order valence-corrected chi connectivity index (χ4v) is 2.56. The van der Waals surface area contributed by atoms with Crippen LogP contribution in [-0.4, -0.2) is 33.2 Å². The molecule has 0 bridgehead atoms. The van der Waals surface area contributed by atoms with Crippen molar-refractivity contribution < 1.29 is 13.2 Å². The van der Waals surface area contributed by atoms with Gasteiger partial charge in [-0.3, -0.25) is 4.79 Å². The van der Waals surface area contributed by atoms with Crippen molar-refractivity contribution in [1.82, 2.24) is 5.32 Å². The van der Waals surface area contributed by atoms with Crippen molar-refractivity contribution in [2.75, 3.05) is 18.1 Å². The molecular formula is C14H22N2O3S. The number of para-hydroxylation sites is 1. The zero-order valence-corrected chi connectivity index (χ0v) is 13.0. The van der Waals surface area contributed by atoms with Gasteiger partial charge in [0.1, 0.15) is 0 Å². The highest BCUT2D eigenvalue weighted by atomic mass is 32.2. The summed E-state index contributed by atoms with van der Waals surface area (Å²) in [4.78, 5) is 11.9. The van der Waals surface area contributed by atoms with Crippen LogP contribution in [0.15, 0.2) is 29.2 Å². The second-order valence-electron chi connectivity index (χ2n) is 4.82. The Morgan fingerprint density at radius 2 is 1.95 bits per heavy atom. The summed E-state index contributed by atoms with van der Waals surface area (Å²) in [7, 11) is -3.27. The Kier molecular flexibility index (Phi) is 6.01. The van der Waals surface area contributed by atoms with Gasteiger partial charge in [0, 0.05) is 25.3 Å². The standard InChI is InChI=1S/C14H22N2O3S/c1-4-11(2)16-14(17)9-10-15-12-7-5-6-8-13(12)20(3,18)19/h5-8,11,15H,4,9-10H2,1-3H3,(H,16,17). The highest BCUT2D eigenvalue weighted by Gasteiger charge is 2.12. The van der Waals surface area contributed by atoms with E-state index >= 15 is 0 Å². The van der Waals surface area contributed by atoms with Gasteiger partial charge in [0.2, 0.25) is 5.91 Å². The Morgan fingerprint density at radius 3 is 2.55 bits per heavy atom. The van der Waals surface area contributed by atoms with E-state index in [4.69, 9.17) is 0 Å². The SMILES string of the molecule is CCC(C)NC(=O)CCNc1ccccc1S(C)(=O)=O. The summed E-state index contributed by atoms with van der Waals surface area (Å²) in [5.41, 5.74) is 0.534. The van der Waals surface area contributed by atoms with E-state index in [1.807, 2.05) is 13.8 Å². The molecule has 0 aromatic heterocycles. The minimum Gasteiger partial charge on any atom is -0.383 e. The zero-order valence-electron chi connectivity index (χ0n) is 12.1. The quantitative estimate of drug-likeness (QED) is 0.805. The number of amides is 1. The monoisotopic (exact) mass is 298 g/mol. The van der Waals surface area contributed by atoms with Gasteiger partial charge in [-0.2, -0.15) is 0 Å². The second kappa shape index (κ2) is 7.28.